The summed E-state index contributed by atoms with van der Waals surface area (Å²) in [5.74, 6) is -2.06. The Balaban J connectivity index is 1.94. The Kier molecular flexibility index (Phi) is 3.27. The Hall–Kier alpha value is -1.79. The second-order valence-corrected chi connectivity index (χ2v) is 5.18. The first kappa shape index (κ1) is 13.2. The topological polar surface area (TPSA) is 46.8 Å². The molecule has 0 N–H and O–H groups in total. The van der Waals surface area contributed by atoms with E-state index >= 15 is 0 Å². The van der Waals surface area contributed by atoms with E-state index in [-0.39, 0.29) is 13.0 Å². The monoisotopic (exact) mass is 281 g/mol. The zero-order valence-corrected chi connectivity index (χ0v) is 11.4. The maximum absolute atomic E-state index is 13.3. The van der Waals surface area contributed by atoms with Crippen LogP contribution in [-0.2, 0) is 6.54 Å². The highest BCUT2D eigenvalue weighted by molar-refractivity contribution is 5.86. The minimum Gasteiger partial charge on any atom is -0.350 e. The normalized spacial score (nSPS) is 18.1. The molecule has 1 saturated heterocycles. The van der Waals surface area contributed by atoms with Crippen LogP contribution in [0, 0.1) is 0 Å². The standard InChI is InChI=1S/C13H17F2N5/c1-2-3-5-20-12-10(7-18-20)11(16-9-17-12)19-6-4-13(14,15)8-19/h7,9H,2-6,8H2,1H3. The van der Waals surface area contributed by atoms with Gasteiger partial charge in [0.1, 0.15) is 12.1 Å². The highest BCUT2D eigenvalue weighted by atomic mass is 19.3. The van der Waals surface area contributed by atoms with E-state index in [1.165, 1.54) is 6.33 Å². The largest absolute Gasteiger partial charge is 0.350 e. The molecular formula is C13H17F2N5. The van der Waals surface area contributed by atoms with Crippen molar-refractivity contribution in [3.05, 3.63) is 12.5 Å². The summed E-state index contributed by atoms with van der Waals surface area (Å²) in [6.07, 6.45) is 5.06. The second-order valence-electron chi connectivity index (χ2n) is 5.18. The Labute approximate surface area is 115 Å². The number of anilines is 1. The second kappa shape index (κ2) is 4.96. The molecule has 0 unspecified atom stereocenters. The highest BCUT2D eigenvalue weighted by Gasteiger charge is 2.39. The van der Waals surface area contributed by atoms with Crippen LogP contribution in [0.25, 0.3) is 11.0 Å². The molecule has 5 nitrogen and oxygen atoms in total. The molecule has 0 saturated carbocycles. The van der Waals surface area contributed by atoms with Gasteiger partial charge in [-0.25, -0.2) is 23.4 Å². The minimum absolute atomic E-state index is 0.123. The van der Waals surface area contributed by atoms with E-state index in [0.717, 1.165) is 30.4 Å². The minimum atomic E-state index is -2.63. The van der Waals surface area contributed by atoms with Gasteiger partial charge >= 0.3 is 0 Å². The zero-order chi connectivity index (χ0) is 14.2. The van der Waals surface area contributed by atoms with Gasteiger partial charge in [0.15, 0.2) is 5.65 Å². The molecule has 108 valence electrons. The molecule has 0 atom stereocenters. The number of aryl methyl sites for hydroxylation is 1. The number of nitrogens with zero attached hydrogens (tertiary/aromatic N) is 5. The summed E-state index contributed by atoms with van der Waals surface area (Å²) in [6, 6.07) is 0. The molecule has 0 bridgehead atoms. The fourth-order valence-electron chi connectivity index (χ4n) is 2.52. The van der Waals surface area contributed by atoms with Crippen molar-refractivity contribution in [2.45, 2.75) is 38.7 Å². The number of hydrogen-bond donors (Lipinski definition) is 0. The molecule has 0 aromatic carbocycles. The molecule has 1 aliphatic rings. The Bertz CT molecular complexity index is 610. The first-order chi connectivity index (χ1) is 9.61. The first-order valence-corrected chi connectivity index (χ1v) is 6.90. The van der Waals surface area contributed by atoms with Gasteiger partial charge in [0.05, 0.1) is 18.1 Å². The van der Waals surface area contributed by atoms with Gasteiger partial charge in [-0.3, -0.25) is 0 Å². The number of halogens is 2. The Morgan fingerprint density at radius 2 is 2.20 bits per heavy atom. The van der Waals surface area contributed by atoms with Gasteiger partial charge in [-0.1, -0.05) is 13.3 Å². The molecule has 0 aliphatic carbocycles. The maximum Gasteiger partial charge on any atom is 0.266 e. The van der Waals surface area contributed by atoms with Gasteiger partial charge in [0.25, 0.3) is 5.92 Å². The molecule has 1 aliphatic heterocycles. The fourth-order valence-corrected chi connectivity index (χ4v) is 2.52. The molecule has 7 heteroatoms. The summed E-state index contributed by atoms with van der Waals surface area (Å²) >= 11 is 0. The lowest BCUT2D eigenvalue weighted by molar-refractivity contribution is 0.0257. The Morgan fingerprint density at radius 1 is 1.35 bits per heavy atom. The van der Waals surface area contributed by atoms with Crippen molar-refractivity contribution in [3.8, 4) is 0 Å². The molecule has 20 heavy (non-hydrogen) atoms. The lowest BCUT2D eigenvalue weighted by Crippen LogP contribution is -2.25. The van der Waals surface area contributed by atoms with Gasteiger partial charge in [0.2, 0.25) is 0 Å². The molecule has 1 fully saturated rings. The number of aromatic nitrogens is 4. The Morgan fingerprint density at radius 3 is 2.90 bits per heavy atom. The molecule has 2 aromatic heterocycles. The van der Waals surface area contributed by atoms with Crippen LogP contribution in [0.1, 0.15) is 26.2 Å². The fraction of sp³-hybridized carbons (Fsp3) is 0.615. The molecular weight excluding hydrogens is 264 g/mol. The summed E-state index contributed by atoms with van der Waals surface area (Å²) in [6.45, 7) is 2.93. The molecule has 2 aromatic rings. The van der Waals surface area contributed by atoms with Crippen molar-refractivity contribution >= 4 is 16.9 Å². The summed E-state index contributed by atoms with van der Waals surface area (Å²) < 4.78 is 28.5. The number of rotatable bonds is 4. The summed E-state index contributed by atoms with van der Waals surface area (Å²) in [5.41, 5.74) is 0.721. The van der Waals surface area contributed by atoms with Crippen molar-refractivity contribution < 1.29 is 8.78 Å². The van der Waals surface area contributed by atoms with Gasteiger partial charge < -0.3 is 4.90 Å². The average molecular weight is 281 g/mol. The molecule has 0 spiro atoms. The SMILES string of the molecule is CCCCn1ncc2c(N3CCC(F)(F)C3)ncnc21. The van der Waals surface area contributed by atoms with E-state index in [9.17, 15) is 8.78 Å². The average Bonchev–Trinajstić information content (AvgIpc) is 2.99. The number of unbranched alkanes of at least 4 members (excludes halogenated alkanes) is 1. The van der Waals surface area contributed by atoms with E-state index in [2.05, 4.69) is 22.0 Å². The van der Waals surface area contributed by atoms with Crippen molar-refractivity contribution in [2.24, 2.45) is 0 Å². The van der Waals surface area contributed by atoms with Crippen LogP contribution in [0.4, 0.5) is 14.6 Å². The van der Waals surface area contributed by atoms with Gasteiger partial charge in [-0.2, -0.15) is 5.10 Å². The quantitative estimate of drug-likeness (QED) is 0.863. The molecule has 0 amide bonds. The lowest BCUT2D eigenvalue weighted by Gasteiger charge is -2.17. The maximum atomic E-state index is 13.3. The predicted octanol–water partition coefficient (Wildman–Crippen LogP) is 2.47. The first-order valence-electron chi connectivity index (χ1n) is 6.90. The van der Waals surface area contributed by atoms with E-state index in [1.54, 1.807) is 11.1 Å². The number of hydrogen-bond acceptors (Lipinski definition) is 4. The van der Waals surface area contributed by atoms with Crippen LogP contribution in [0.3, 0.4) is 0 Å². The predicted molar refractivity (Wildman–Crippen MR) is 72.0 cm³/mol. The van der Waals surface area contributed by atoms with E-state index in [4.69, 9.17) is 0 Å². The van der Waals surface area contributed by atoms with Crippen LogP contribution < -0.4 is 4.90 Å². The number of alkyl halides is 2. The summed E-state index contributed by atoms with van der Waals surface area (Å²) in [5, 5.41) is 5.05. The molecule has 3 rings (SSSR count). The van der Waals surface area contributed by atoms with Crippen LogP contribution in [-0.4, -0.2) is 38.8 Å². The van der Waals surface area contributed by atoms with Crippen LogP contribution >= 0.6 is 0 Å². The van der Waals surface area contributed by atoms with E-state index < -0.39 is 5.92 Å². The van der Waals surface area contributed by atoms with E-state index in [1.807, 2.05) is 4.68 Å². The zero-order valence-electron chi connectivity index (χ0n) is 11.4. The highest BCUT2D eigenvalue weighted by Crippen LogP contribution is 2.32. The van der Waals surface area contributed by atoms with Crippen molar-refractivity contribution in [1.29, 1.82) is 0 Å². The third-order valence-corrected chi connectivity index (χ3v) is 3.61. The summed E-state index contributed by atoms with van der Waals surface area (Å²) in [7, 11) is 0. The van der Waals surface area contributed by atoms with Crippen LogP contribution in [0.2, 0.25) is 0 Å². The van der Waals surface area contributed by atoms with E-state index in [0.29, 0.717) is 12.4 Å². The van der Waals surface area contributed by atoms with Crippen molar-refractivity contribution in [1.82, 2.24) is 19.7 Å². The van der Waals surface area contributed by atoms with Gasteiger partial charge in [0, 0.05) is 19.5 Å². The third kappa shape index (κ3) is 2.32. The van der Waals surface area contributed by atoms with Gasteiger partial charge in [-0.05, 0) is 6.42 Å². The van der Waals surface area contributed by atoms with Crippen LogP contribution in [0.15, 0.2) is 12.5 Å². The molecule has 3 heterocycles. The van der Waals surface area contributed by atoms with Crippen molar-refractivity contribution in [2.75, 3.05) is 18.0 Å². The summed E-state index contributed by atoms with van der Waals surface area (Å²) in [4.78, 5) is 10.0. The lowest BCUT2D eigenvalue weighted by atomic mass is 10.3. The van der Waals surface area contributed by atoms with Crippen LogP contribution in [0.5, 0.6) is 0 Å². The smallest absolute Gasteiger partial charge is 0.266 e. The molecule has 0 radical (unpaired) electrons. The third-order valence-electron chi connectivity index (χ3n) is 3.61. The van der Waals surface area contributed by atoms with Crippen molar-refractivity contribution in [3.63, 3.8) is 0 Å². The van der Waals surface area contributed by atoms with Gasteiger partial charge in [-0.15, -0.1) is 0 Å². The number of fused-ring (bicyclic) bond motifs is 1.